The molecule has 5 heteroatoms. The molecule has 2 N–H and O–H groups in total. The summed E-state index contributed by atoms with van der Waals surface area (Å²) in [6.45, 7) is 2.50. The van der Waals surface area contributed by atoms with Gasteiger partial charge in [-0.1, -0.05) is 0 Å². The molecule has 2 unspecified atom stereocenters. The first-order chi connectivity index (χ1) is 9.69. The number of aliphatic hydroxyl groups is 1. The van der Waals surface area contributed by atoms with E-state index in [-0.39, 0.29) is 18.6 Å². The second-order valence-electron chi connectivity index (χ2n) is 4.87. The zero-order valence-electron chi connectivity index (χ0n) is 11.7. The number of hydrogen-bond acceptors (Lipinski definition) is 4. The van der Waals surface area contributed by atoms with E-state index in [4.69, 9.17) is 9.47 Å². The van der Waals surface area contributed by atoms with E-state index in [1.165, 1.54) is 0 Å². The zero-order valence-corrected chi connectivity index (χ0v) is 11.7. The summed E-state index contributed by atoms with van der Waals surface area (Å²) >= 11 is 0. The summed E-state index contributed by atoms with van der Waals surface area (Å²) < 4.78 is 10.7. The molecule has 1 amide bonds. The quantitative estimate of drug-likeness (QED) is 0.828. The molecule has 0 bridgehead atoms. The lowest BCUT2D eigenvalue weighted by Gasteiger charge is -2.16. The monoisotopic (exact) mass is 279 g/mol. The van der Waals surface area contributed by atoms with E-state index in [9.17, 15) is 9.90 Å². The van der Waals surface area contributed by atoms with Crippen molar-refractivity contribution >= 4 is 5.91 Å². The fourth-order valence-electron chi connectivity index (χ4n) is 2.30. The zero-order chi connectivity index (χ0) is 14.4. The Morgan fingerprint density at radius 3 is 2.45 bits per heavy atom. The van der Waals surface area contributed by atoms with Crippen LogP contribution in [0.2, 0.25) is 0 Å². The summed E-state index contributed by atoms with van der Waals surface area (Å²) in [5, 5.41) is 12.4. The molecular weight excluding hydrogens is 258 g/mol. The Morgan fingerprint density at radius 1 is 1.25 bits per heavy atom. The SMILES string of the molecule is CCOc1ccc(OCC(=O)NC2CCCC2O)cc1. The second kappa shape index (κ2) is 7.14. The average molecular weight is 279 g/mol. The molecule has 0 aromatic heterocycles. The highest BCUT2D eigenvalue weighted by Crippen LogP contribution is 2.19. The number of carbonyl (C=O) groups is 1. The van der Waals surface area contributed by atoms with E-state index in [1.54, 1.807) is 24.3 Å². The minimum atomic E-state index is -0.426. The maximum absolute atomic E-state index is 11.7. The largest absolute Gasteiger partial charge is 0.494 e. The molecule has 1 aliphatic carbocycles. The third-order valence-corrected chi connectivity index (χ3v) is 3.33. The van der Waals surface area contributed by atoms with Crippen molar-refractivity contribution in [2.24, 2.45) is 0 Å². The maximum Gasteiger partial charge on any atom is 0.258 e. The summed E-state index contributed by atoms with van der Waals surface area (Å²) in [5.74, 6) is 1.19. The summed E-state index contributed by atoms with van der Waals surface area (Å²) in [5.41, 5.74) is 0. The van der Waals surface area contributed by atoms with E-state index < -0.39 is 6.10 Å². The molecule has 0 saturated heterocycles. The predicted octanol–water partition coefficient (Wildman–Crippen LogP) is 1.49. The van der Waals surface area contributed by atoms with Gasteiger partial charge in [-0.05, 0) is 50.5 Å². The molecule has 0 radical (unpaired) electrons. The fraction of sp³-hybridized carbons (Fsp3) is 0.533. The highest BCUT2D eigenvalue weighted by atomic mass is 16.5. The Balaban J connectivity index is 1.75. The van der Waals surface area contributed by atoms with Crippen LogP contribution in [0.25, 0.3) is 0 Å². The average Bonchev–Trinajstić information content (AvgIpc) is 2.84. The van der Waals surface area contributed by atoms with Crippen LogP contribution in [-0.2, 0) is 4.79 Å². The van der Waals surface area contributed by atoms with Gasteiger partial charge in [0.2, 0.25) is 0 Å². The number of ether oxygens (including phenoxy) is 2. The molecule has 5 nitrogen and oxygen atoms in total. The predicted molar refractivity (Wildman–Crippen MR) is 74.9 cm³/mol. The van der Waals surface area contributed by atoms with E-state index in [2.05, 4.69) is 5.32 Å². The van der Waals surface area contributed by atoms with Crippen LogP contribution in [0.3, 0.4) is 0 Å². The van der Waals surface area contributed by atoms with Gasteiger partial charge in [0.25, 0.3) is 5.91 Å². The van der Waals surface area contributed by atoms with Crippen molar-refractivity contribution in [1.29, 1.82) is 0 Å². The molecule has 1 aromatic carbocycles. The molecule has 1 fully saturated rings. The fourth-order valence-corrected chi connectivity index (χ4v) is 2.30. The van der Waals surface area contributed by atoms with Gasteiger partial charge in [0.1, 0.15) is 11.5 Å². The number of rotatable bonds is 6. The first-order valence-electron chi connectivity index (χ1n) is 7.02. The topological polar surface area (TPSA) is 67.8 Å². The first kappa shape index (κ1) is 14.7. The van der Waals surface area contributed by atoms with Crippen molar-refractivity contribution in [3.05, 3.63) is 24.3 Å². The van der Waals surface area contributed by atoms with Gasteiger partial charge in [-0.25, -0.2) is 0 Å². The van der Waals surface area contributed by atoms with Gasteiger partial charge in [-0.3, -0.25) is 4.79 Å². The van der Waals surface area contributed by atoms with Crippen molar-refractivity contribution in [1.82, 2.24) is 5.32 Å². The molecule has 20 heavy (non-hydrogen) atoms. The van der Waals surface area contributed by atoms with Gasteiger partial charge in [0, 0.05) is 0 Å². The van der Waals surface area contributed by atoms with Gasteiger partial charge in [-0.2, -0.15) is 0 Å². The van der Waals surface area contributed by atoms with Crippen molar-refractivity contribution < 1.29 is 19.4 Å². The lowest BCUT2D eigenvalue weighted by atomic mass is 10.2. The molecular formula is C15H21NO4. The number of carbonyl (C=O) groups excluding carboxylic acids is 1. The Labute approximate surface area is 118 Å². The Hall–Kier alpha value is -1.75. The number of hydrogen-bond donors (Lipinski definition) is 2. The smallest absolute Gasteiger partial charge is 0.258 e. The summed E-state index contributed by atoms with van der Waals surface area (Å²) in [6.07, 6.45) is 2.11. The third kappa shape index (κ3) is 4.13. The van der Waals surface area contributed by atoms with Crippen LogP contribution < -0.4 is 14.8 Å². The van der Waals surface area contributed by atoms with Crippen LogP contribution in [0.4, 0.5) is 0 Å². The Kier molecular flexibility index (Phi) is 5.24. The van der Waals surface area contributed by atoms with E-state index >= 15 is 0 Å². The number of nitrogens with one attached hydrogen (secondary N) is 1. The standard InChI is InChI=1S/C15H21NO4/c1-2-19-11-6-8-12(9-7-11)20-10-15(18)16-13-4-3-5-14(13)17/h6-9,13-14,17H,2-5,10H2,1H3,(H,16,18). The van der Waals surface area contributed by atoms with Crippen molar-refractivity contribution in [2.75, 3.05) is 13.2 Å². The molecule has 2 rings (SSSR count). The van der Waals surface area contributed by atoms with Crippen LogP contribution in [0.1, 0.15) is 26.2 Å². The van der Waals surface area contributed by atoms with Gasteiger partial charge in [0.05, 0.1) is 18.8 Å². The summed E-state index contributed by atoms with van der Waals surface area (Å²) in [6, 6.07) is 7.01. The first-order valence-corrected chi connectivity index (χ1v) is 7.02. The number of amides is 1. The van der Waals surface area contributed by atoms with E-state index in [0.717, 1.165) is 25.0 Å². The normalized spacial score (nSPS) is 21.5. The van der Waals surface area contributed by atoms with Crippen LogP contribution >= 0.6 is 0 Å². The molecule has 110 valence electrons. The van der Waals surface area contributed by atoms with Crippen LogP contribution in [0.5, 0.6) is 11.5 Å². The minimum Gasteiger partial charge on any atom is -0.494 e. The summed E-state index contributed by atoms with van der Waals surface area (Å²) in [4.78, 5) is 11.7. The Bertz CT molecular complexity index is 432. The van der Waals surface area contributed by atoms with E-state index in [0.29, 0.717) is 12.4 Å². The maximum atomic E-state index is 11.7. The van der Waals surface area contributed by atoms with Crippen molar-refractivity contribution in [3.63, 3.8) is 0 Å². The van der Waals surface area contributed by atoms with Gasteiger partial charge >= 0.3 is 0 Å². The second-order valence-corrected chi connectivity index (χ2v) is 4.87. The summed E-state index contributed by atoms with van der Waals surface area (Å²) in [7, 11) is 0. The lowest BCUT2D eigenvalue weighted by molar-refractivity contribution is -0.124. The van der Waals surface area contributed by atoms with Gasteiger partial charge in [0.15, 0.2) is 6.61 Å². The molecule has 1 aromatic rings. The lowest BCUT2D eigenvalue weighted by Crippen LogP contribution is -2.42. The molecule has 0 aliphatic heterocycles. The highest BCUT2D eigenvalue weighted by molar-refractivity contribution is 5.77. The molecule has 0 heterocycles. The van der Waals surface area contributed by atoms with E-state index in [1.807, 2.05) is 6.92 Å². The highest BCUT2D eigenvalue weighted by Gasteiger charge is 2.26. The third-order valence-electron chi connectivity index (χ3n) is 3.33. The van der Waals surface area contributed by atoms with Crippen LogP contribution in [0, 0.1) is 0 Å². The Morgan fingerprint density at radius 2 is 1.90 bits per heavy atom. The van der Waals surface area contributed by atoms with Gasteiger partial charge in [-0.15, -0.1) is 0 Å². The van der Waals surface area contributed by atoms with Gasteiger partial charge < -0.3 is 19.9 Å². The number of aliphatic hydroxyl groups excluding tert-OH is 1. The van der Waals surface area contributed by atoms with Crippen molar-refractivity contribution in [2.45, 2.75) is 38.3 Å². The molecule has 1 aliphatic rings. The molecule has 2 atom stereocenters. The van der Waals surface area contributed by atoms with Crippen LogP contribution in [-0.4, -0.2) is 36.4 Å². The minimum absolute atomic E-state index is 0.0444. The van der Waals surface area contributed by atoms with Crippen LogP contribution in [0.15, 0.2) is 24.3 Å². The molecule has 1 saturated carbocycles. The number of benzene rings is 1. The molecule has 0 spiro atoms. The van der Waals surface area contributed by atoms with Crippen molar-refractivity contribution in [3.8, 4) is 11.5 Å².